The van der Waals surface area contributed by atoms with E-state index >= 15 is 0 Å². The van der Waals surface area contributed by atoms with E-state index < -0.39 is 0 Å². The van der Waals surface area contributed by atoms with Crippen molar-refractivity contribution in [3.8, 4) is 5.75 Å². The van der Waals surface area contributed by atoms with Gasteiger partial charge in [-0.05, 0) is 32.0 Å². The Morgan fingerprint density at radius 1 is 1.50 bits per heavy atom. The summed E-state index contributed by atoms with van der Waals surface area (Å²) in [5.41, 5.74) is 8.70. The summed E-state index contributed by atoms with van der Waals surface area (Å²) < 4.78 is 8.50. The van der Waals surface area contributed by atoms with Crippen LogP contribution in [0.3, 0.4) is 0 Å². The van der Waals surface area contributed by atoms with Crippen molar-refractivity contribution in [1.29, 1.82) is 0 Å². The molecule has 1 heterocycles. The van der Waals surface area contributed by atoms with Crippen LogP contribution >= 0.6 is 27.5 Å². The first-order valence-corrected chi connectivity index (χ1v) is 7.43. The van der Waals surface area contributed by atoms with Gasteiger partial charge < -0.3 is 10.5 Å². The Labute approximate surface area is 132 Å². The second kappa shape index (κ2) is 6.16. The molecule has 1 aromatic heterocycles. The quantitative estimate of drug-likeness (QED) is 0.905. The normalized spacial score (nSPS) is 12.5. The molecular formula is C14H17BrClN3O. The van der Waals surface area contributed by atoms with E-state index in [4.69, 9.17) is 22.1 Å². The minimum atomic E-state index is -0.104. The second-order valence-corrected chi connectivity index (χ2v) is 6.01. The van der Waals surface area contributed by atoms with Crippen LogP contribution in [0.25, 0.3) is 0 Å². The SMILES string of the molecule is Cc1nn(C)c(Cl)c1COc1ccc(Br)cc1[C@@H](C)N. The summed E-state index contributed by atoms with van der Waals surface area (Å²) in [6.45, 7) is 4.22. The van der Waals surface area contributed by atoms with E-state index in [1.54, 1.807) is 4.68 Å². The highest BCUT2D eigenvalue weighted by Gasteiger charge is 2.14. The predicted molar refractivity (Wildman–Crippen MR) is 84.0 cm³/mol. The molecule has 1 aromatic carbocycles. The van der Waals surface area contributed by atoms with Gasteiger partial charge in [0.05, 0.1) is 5.69 Å². The van der Waals surface area contributed by atoms with Gasteiger partial charge in [0.2, 0.25) is 0 Å². The summed E-state index contributed by atoms with van der Waals surface area (Å²) in [6, 6.07) is 5.70. The molecule has 4 nitrogen and oxygen atoms in total. The van der Waals surface area contributed by atoms with E-state index in [0.29, 0.717) is 11.8 Å². The van der Waals surface area contributed by atoms with E-state index in [-0.39, 0.29) is 6.04 Å². The molecule has 0 aliphatic heterocycles. The van der Waals surface area contributed by atoms with Crippen LogP contribution in [0.15, 0.2) is 22.7 Å². The molecule has 0 bridgehead atoms. The first-order chi connectivity index (χ1) is 9.40. The Bertz CT molecular complexity index is 625. The molecule has 0 aliphatic rings. The van der Waals surface area contributed by atoms with Crippen LogP contribution in [0.5, 0.6) is 5.75 Å². The minimum Gasteiger partial charge on any atom is -0.488 e. The van der Waals surface area contributed by atoms with E-state index in [2.05, 4.69) is 21.0 Å². The van der Waals surface area contributed by atoms with Crippen LogP contribution in [0.2, 0.25) is 5.15 Å². The monoisotopic (exact) mass is 357 g/mol. The molecule has 108 valence electrons. The van der Waals surface area contributed by atoms with E-state index in [1.165, 1.54) is 0 Å². The predicted octanol–water partition coefficient (Wildman–Crippen LogP) is 3.74. The van der Waals surface area contributed by atoms with E-state index in [0.717, 1.165) is 27.0 Å². The molecule has 2 aromatic rings. The molecule has 2 rings (SSSR count). The molecule has 0 saturated carbocycles. The van der Waals surface area contributed by atoms with E-state index in [9.17, 15) is 0 Å². The summed E-state index contributed by atoms with van der Waals surface area (Å²) in [4.78, 5) is 0. The molecule has 0 unspecified atom stereocenters. The van der Waals surface area contributed by atoms with Crippen molar-refractivity contribution in [3.05, 3.63) is 44.6 Å². The van der Waals surface area contributed by atoms with Gasteiger partial charge in [0.25, 0.3) is 0 Å². The van der Waals surface area contributed by atoms with Gasteiger partial charge in [-0.15, -0.1) is 0 Å². The Hall–Kier alpha value is -1.04. The molecular weight excluding hydrogens is 342 g/mol. The lowest BCUT2D eigenvalue weighted by Crippen LogP contribution is -2.08. The number of nitrogens with two attached hydrogens (primary N) is 1. The summed E-state index contributed by atoms with van der Waals surface area (Å²) in [5.74, 6) is 0.766. The van der Waals surface area contributed by atoms with E-state index in [1.807, 2.05) is 39.1 Å². The lowest BCUT2D eigenvalue weighted by molar-refractivity contribution is 0.300. The molecule has 6 heteroatoms. The summed E-state index contributed by atoms with van der Waals surface area (Å²) in [7, 11) is 1.81. The molecule has 0 radical (unpaired) electrons. The van der Waals surface area contributed by atoms with Gasteiger partial charge in [0.1, 0.15) is 17.5 Å². The number of aryl methyl sites for hydroxylation is 2. The first-order valence-electron chi connectivity index (χ1n) is 6.26. The maximum absolute atomic E-state index is 6.20. The zero-order valence-electron chi connectivity index (χ0n) is 11.7. The largest absolute Gasteiger partial charge is 0.488 e. The number of hydrogen-bond acceptors (Lipinski definition) is 3. The van der Waals surface area contributed by atoms with Gasteiger partial charge in [0, 0.05) is 28.7 Å². The third kappa shape index (κ3) is 3.16. The molecule has 0 aliphatic carbocycles. The summed E-state index contributed by atoms with van der Waals surface area (Å²) in [5, 5.41) is 4.87. The number of hydrogen-bond donors (Lipinski definition) is 1. The number of benzene rings is 1. The molecule has 0 amide bonds. The fourth-order valence-electron chi connectivity index (χ4n) is 1.99. The number of ether oxygens (including phenoxy) is 1. The summed E-state index contributed by atoms with van der Waals surface area (Å²) in [6.07, 6.45) is 0. The highest BCUT2D eigenvalue weighted by molar-refractivity contribution is 9.10. The van der Waals surface area contributed by atoms with Crippen molar-refractivity contribution in [1.82, 2.24) is 9.78 Å². The van der Waals surface area contributed by atoms with Gasteiger partial charge in [-0.1, -0.05) is 27.5 Å². The molecule has 1 atom stereocenters. The van der Waals surface area contributed by atoms with Gasteiger partial charge in [-0.2, -0.15) is 5.10 Å². The van der Waals surface area contributed by atoms with Crippen molar-refractivity contribution >= 4 is 27.5 Å². The number of halogens is 2. The van der Waals surface area contributed by atoms with Crippen LogP contribution in [-0.4, -0.2) is 9.78 Å². The average Bonchev–Trinajstić information content (AvgIpc) is 2.62. The number of nitrogens with zero attached hydrogens (tertiary/aromatic N) is 2. The highest BCUT2D eigenvalue weighted by Crippen LogP contribution is 2.29. The molecule has 0 saturated heterocycles. The van der Waals surface area contributed by atoms with Crippen LogP contribution < -0.4 is 10.5 Å². The molecule has 2 N–H and O–H groups in total. The Morgan fingerprint density at radius 3 is 2.75 bits per heavy atom. The Kier molecular flexibility index (Phi) is 4.73. The van der Waals surface area contributed by atoms with Gasteiger partial charge in [-0.3, -0.25) is 4.68 Å². The van der Waals surface area contributed by atoms with Gasteiger partial charge in [-0.25, -0.2) is 0 Å². The topological polar surface area (TPSA) is 53.1 Å². The van der Waals surface area contributed by atoms with Gasteiger partial charge >= 0.3 is 0 Å². The van der Waals surface area contributed by atoms with Crippen LogP contribution in [0, 0.1) is 6.92 Å². The number of rotatable bonds is 4. The average molecular weight is 359 g/mol. The lowest BCUT2D eigenvalue weighted by Gasteiger charge is -2.14. The second-order valence-electron chi connectivity index (χ2n) is 4.74. The maximum Gasteiger partial charge on any atom is 0.133 e. The summed E-state index contributed by atoms with van der Waals surface area (Å²) >= 11 is 9.64. The fourth-order valence-corrected chi connectivity index (χ4v) is 2.60. The first kappa shape index (κ1) is 15.4. The zero-order valence-corrected chi connectivity index (χ0v) is 14.0. The van der Waals surface area contributed by atoms with Crippen LogP contribution in [0.1, 0.15) is 29.8 Å². The third-order valence-electron chi connectivity index (χ3n) is 3.10. The van der Waals surface area contributed by atoms with Crippen LogP contribution in [-0.2, 0) is 13.7 Å². The smallest absolute Gasteiger partial charge is 0.133 e. The maximum atomic E-state index is 6.20. The van der Waals surface area contributed by atoms with Crippen molar-refractivity contribution in [2.75, 3.05) is 0 Å². The van der Waals surface area contributed by atoms with Crippen molar-refractivity contribution in [2.24, 2.45) is 12.8 Å². The molecule has 0 spiro atoms. The fraction of sp³-hybridized carbons (Fsp3) is 0.357. The Morgan fingerprint density at radius 2 is 2.20 bits per heavy atom. The van der Waals surface area contributed by atoms with Crippen molar-refractivity contribution in [2.45, 2.75) is 26.5 Å². The molecule has 0 fully saturated rings. The lowest BCUT2D eigenvalue weighted by atomic mass is 10.1. The van der Waals surface area contributed by atoms with Gasteiger partial charge in [0.15, 0.2) is 0 Å². The Balaban J connectivity index is 2.23. The van der Waals surface area contributed by atoms with Crippen molar-refractivity contribution in [3.63, 3.8) is 0 Å². The van der Waals surface area contributed by atoms with Crippen LogP contribution in [0.4, 0.5) is 0 Å². The number of aromatic nitrogens is 2. The third-order valence-corrected chi connectivity index (χ3v) is 4.07. The van der Waals surface area contributed by atoms with Crippen molar-refractivity contribution < 1.29 is 4.74 Å². The molecule has 20 heavy (non-hydrogen) atoms. The zero-order chi connectivity index (χ0) is 14.9. The minimum absolute atomic E-state index is 0.104. The standard InChI is InChI=1S/C14H17BrClN3O/c1-8(17)11-6-10(15)4-5-13(11)20-7-12-9(2)18-19(3)14(12)16/h4-6,8H,7,17H2,1-3H3/t8-/m1/s1. The highest BCUT2D eigenvalue weighted by atomic mass is 79.9.